The van der Waals surface area contributed by atoms with Crippen LogP contribution in [-0.2, 0) is 6.18 Å². The van der Waals surface area contributed by atoms with E-state index >= 15 is 0 Å². The second-order valence-corrected chi connectivity index (χ2v) is 3.60. The Labute approximate surface area is 97.4 Å². The van der Waals surface area contributed by atoms with Crippen molar-refractivity contribution in [3.8, 4) is 5.75 Å². The smallest absolute Gasteiger partial charge is 0.419 e. The molecule has 17 heavy (non-hydrogen) atoms. The molecule has 0 radical (unpaired) electrons. The number of carbonyl (C=O) groups is 1. The summed E-state index contributed by atoms with van der Waals surface area (Å²) in [6, 6.07) is 2.07. The van der Waals surface area contributed by atoms with Crippen molar-refractivity contribution in [1.29, 1.82) is 0 Å². The standard InChI is InChI=1S/C12H13F3O2/c1-4-17-11-7(2)9(8(3)16)5-6-10(11)12(13,14)15/h5-6H,4H2,1-3H3. The third kappa shape index (κ3) is 2.78. The van der Waals surface area contributed by atoms with Crippen LogP contribution in [-0.4, -0.2) is 12.4 Å². The van der Waals surface area contributed by atoms with E-state index in [4.69, 9.17) is 4.74 Å². The van der Waals surface area contributed by atoms with Gasteiger partial charge in [-0.25, -0.2) is 0 Å². The molecule has 0 aliphatic rings. The first kappa shape index (κ1) is 13.5. The van der Waals surface area contributed by atoms with Crippen molar-refractivity contribution >= 4 is 5.78 Å². The average molecular weight is 246 g/mol. The minimum Gasteiger partial charge on any atom is -0.493 e. The monoisotopic (exact) mass is 246 g/mol. The normalized spacial score (nSPS) is 11.4. The quantitative estimate of drug-likeness (QED) is 0.761. The molecule has 94 valence electrons. The Morgan fingerprint density at radius 3 is 2.35 bits per heavy atom. The van der Waals surface area contributed by atoms with Crippen LogP contribution in [0.15, 0.2) is 12.1 Å². The number of hydrogen-bond acceptors (Lipinski definition) is 2. The van der Waals surface area contributed by atoms with E-state index in [1.54, 1.807) is 6.92 Å². The van der Waals surface area contributed by atoms with Gasteiger partial charge in [-0.2, -0.15) is 13.2 Å². The Kier molecular flexibility index (Phi) is 3.80. The van der Waals surface area contributed by atoms with E-state index in [9.17, 15) is 18.0 Å². The molecule has 0 aliphatic carbocycles. The van der Waals surface area contributed by atoms with Gasteiger partial charge in [-0.05, 0) is 26.8 Å². The molecule has 0 N–H and O–H groups in total. The lowest BCUT2D eigenvalue weighted by Gasteiger charge is -2.17. The number of benzene rings is 1. The molecule has 0 bridgehead atoms. The maximum absolute atomic E-state index is 12.7. The van der Waals surface area contributed by atoms with Crippen LogP contribution in [0.5, 0.6) is 5.75 Å². The van der Waals surface area contributed by atoms with Crippen LogP contribution in [0.2, 0.25) is 0 Å². The number of halogens is 3. The van der Waals surface area contributed by atoms with E-state index in [2.05, 4.69) is 0 Å². The second kappa shape index (κ2) is 4.77. The Balaban J connectivity index is 3.45. The van der Waals surface area contributed by atoms with E-state index in [0.29, 0.717) is 0 Å². The zero-order valence-electron chi connectivity index (χ0n) is 9.81. The molecule has 0 fully saturated rings. The molecular weight excluding hydrogens is 233 g/mol. The molecule has 0 amide bonds. The summed E-state index contributed by atoms with van der Waals surface area (Å²) in [5.74, 6) is -0.537. The summed E-state index contributed by atoms with van der Waals surface area (Å²) in [6.07, 6.45) is -4.48. The maximum atomic E-state index is 12.7. The summed E-state index contributed by atoms with van der Waals surface area (Å²) < 4.78 is 43.2. The lowest BCUT2D eigenvalue weighted by Crippen LogP contribution is -2.12. The van der Waals surface area contributed by atoms with Crippen molar-refractivity contribution in [3.05, 3.63) is 28.8 Å². The highest BCUT2D eigenvalue weighted by atomic mass is 19.4. The zero-order chi connectivity index (χ0) is 13.2. The number of ketones is 1. The molecule has 0 aromatic heterocycles. The predicted molar refractivity (Wildman–Crippen MR) is 57.4 cm³/mol. The minimum atomic E-state index is -4.48. The largest absolute Gasteiger partial charge is 0.493 e. The van der Waals surface area contributed by atoms with Gasteiger partial charge in [-0.1, -0.05) is 6.07 Å². The lowest BCUT2D eigenvalue weighted by molar-refractivity contribution is -0.139. The fourth-order valence-corrected chi connectivity index (χ4v) is 1.63. The number of carbonyl (C=O) groups excluding carboxylic acids is 1. The predicted octanol–water partition coefficient (Wildman–Crippen LogP) is 3.62. The third-order valence-corrected chi connectivity index (χ3v) is 2.38. The summed E-state index contributed by atoms with van der Waals surface area (Å²) in [5.41, 5.74) is -0.363. The Hall–Kier alpha value is -1.52. The van der Waals surface area contributed by atoms with Gasteiger partial charge in [-0.3, -0.25) is 4.79 Å². The molecule has 1 rings (SSSR count). The van der Waals surface area contributed by atoms with Crippen molar-refractivity contribution in [3.63, 3.8) is 0 Å². The first-order valence-corrected chi connectivity index (χ1v) is 5.13. The summed E-state index contributed by atoms with van der Waals surface area (Å²) >= 11 is 0. The van der Waals surface area contributed by atoms with Crippen molar-refractivity contribution < 1.29 is 22.7 Å². The van der Waals surface area contributed by atoms with Crippen LogP contribution in [0, 0.1) is 6.92 Å². The minimum absolute atomic E-state index is 0.116. The van der Waals surface area contributed by atoms with E-state index in [1.807, 2.05) is 0 Å². The molecule has 0 unspecified atom stereocenters. The van der Waals surface area contributed by atoms with Crippen LogP contribution >= 0.6 is 0 Å². The highest BCUT2D eigenvalue weighted by Gasteiger charge is 2.35. The Bertz CT molecular complexity index is 436. The summed E-state index contributed by atoms with van der Waals surface area (Å²) in [7, 11) is 0. The van der Waals surface area contributed by atoms with E-state index in [-0.39, 0.29) is 29.3 Å². The number of hydrogen-bond donors (Lipinski definition) is 0. The van der Waals surface area contributed by atoms with Crippen molar-refractivity contribution in [1.82, 2.24) is 0 Å². The van der Waals surface area contributed by atoms with Gasteiger partial charge in [0.1, 0.15) is 5.75 Å². The topological polar surface area (TPSA) is 26.3 Å². The number of alkyl halides is 3. The van der Waals surface area contributed by atoms with Crippen LogP contribution in [0.4, 0.5) is 13.2 Å². The first-order valence-electron chi connectivity index (χ1n) is 5.13. The SMILES string of the molecule is CCOc1c(C(F)(F)F)ccc(C(C)=O)c1C. The summed E-state index contributed by atoms with van der Waals surface area (Å²) in [6.45, 7) is 4.48. The summed E-state index contributed by atoms with van der Waals surface area (Å²) in [4.78, 5) is 11.2. The van der Waals surface area contributed by atoms with Crippen molar-refractivity contribution in [2.75, 3.05) is 6.61 Å². The fourth-order valence-electron chi connectivity index (χ4n) is 1.63. The first-order chi connectivity index (χ1) is 7.79. The molecule has 2 nitrogen and oxygen atoms in total. The van der Waals surface area contributed by atoms with Crippen LogP contribution in [0.25, 0.3) is 0 Å². The fraction of sp³-hybridized carbons (Fsp3) is 0.417. The zero-order valence-corrected chi connectivity index (χ0v) is 9.81. The van der Waals surface area contributed by atoms with Gasteiger partial charge in [0, 0.05) is 11.1 Å². The van der Waals surface area contributed by atoms with Crippen LogP contribution < -0.4 is 4.74 Å². The van der Waals surface area contributed by atoms with E-state index < -0.39 is 11.7 Å². The molecule has 0 saturated heterocycles. The second-order valence-electron chi connectivity index (χ2n) is 3.60. The van der Waals surface area contributed by atoms with Crippen LogP contribution in [0.1, 0.15) is 35.3 Å². The molecule has 0 atom stereocenters. The van der Waals surface area contributed by atoms with Gasteiger partial charge in [0.05, 0.1) is 12.2 Å². The Morgan fingerprint density at radius 2 is 1.94 bits per heavy atom. The summed E-state index contributed by atoms with van der Waals surface area (Å²) in [5, 5.41) is 0. The van der Waals surface area contributed by atoms with Crippen molar-refractivity contribution in [2.24, 2.45) is 0 Å². The molecule has 5 heteroatoms. The molecule has 0 spiro atoms. The third-order valence-electron chi connectivity index (χ3n) is 2.38. The van der Waals surface area contributed by atoms with Gasteiger partial charge in [0.25, 0.3) is 0 Å². The van der Waals surface area contributed by atoms with Gasteiger partial charge < -0.3 is 4.74 Å². The van der Waals surface area contributed by atoms with Crippen LogP contribution in [0.3, 0.4) is 0 Å². The molecule has 0 saturated carbocycles. The number of Topliss-reactive ketones (excluding diaryl/α,β-unsaturated/α-hetero) is 1. The average Bonchev–Trinajstić information content (AvgIpc) is 2.18. The van der Waals surface area contributed by atoms with Gasteiger partial charge in [-0.15, -0.1) is 0 Å². The van der Waals surface area contributed by atoms with Gasteiger partial charge >= 0.3 is 6.18 Å². The molecule has 1 aromatic carbocycles. The maximum Gasteiger partial charge on any atom is 0.419 e. The number of ether oxygens (including phenoxy) is 1. The molecule has 1 aromatic rings. The highest BCUT2D eigenvalue weighted by molar-refractivity contribution is 5.96. The van der Waals surface area contributed by atoms with Gasteiger partial charge in [0.2, 0.25) is 0 Å². The van der Waals surface area contributed by atoms with E-state index in [1.165, 1.54) is 19.9 Å². The Morgan fingerprint density at radius 1 is 1.35 bits per heavy atom. The van der Waals surface area contributed by atoms with Crippen molar-refractivity contribution in [2.45, 2.75) is 26.9 Å². The highest BCUT2D eigenvalue weighted by Crippen LogP contribution is 2.39. The molecular formula is C12H13F3O2. The van der Waals surface area contributed by atoms with Gasteiger partial charge in [0.15, 0.2) is 5.78 Å². The molecule has 0 aliphatic heterocycles. The lowest BCUT2D eigenvalue weighted by atomic mass is 10.0. The molecule has 0 heterocycles. The number of rotatable bonds is 3. The van der Waals surface area contributed by atoms with E-state index in [0.717, 1.165) is 6.07 Å².